The highest BCUT2D eigenvalue weighted by atomic mass is 32.2. The van der Waals surface area contributed by atoms with Crippen molar-refractivity contribution >= 4 is 73.2 Å². The van der Waals surface area contributed by atoms with Gasteiger partial charge in [-0.05, 0) is 11.8 Å². The third-order valence-corrected chi connectivity index (χ3v) is 9.00. The van der Waals surface area contributed by atoms with E-state index >= 15 is 0 Å². The Bertz CT molecular complexity index is 206. The topological polar surface area (TPSA) is 0 Å². The second kappa shape index (κ2) is 13.4. The van der Waals surface area contributed by atoms with Crippen LogP contribution in [0.15, 0.2) is 0 Å². The zero-order valence-electron chi connectivity index (χ0n) is 13.7. The molecule has 0 aliphatic heterocycles. The molecule has 0 saturated carbocycles. The molecule has 0 aromatic heterocycles. The van der Waals surface area contributed by atoms with Crippen LogP contribution in [0.2, 0.25) is 0 Å². The summed E-state index contributed by atoms with van der Waals surface area (Å²) in [7, 11) is 0. The number of hydrogen-bond acceptors (Lipinski definition) is 6. The highest BCUT2D eigenvalue weighted by Gasteiger charge is 2.28. The predicted molar refractivity (Wildman–Crippen MR) is 120 cm³/mol. The van der Waals surface area contributed by atoms with Crippen molar-refractivity contribution in [3.8, 4) is 0 Å². The van der Waals surface area contributed by atoms with Gasteiger partial charge in [0.15, 0.2) is 0 Å². The fourth-order valence-electron chi connectivity index (χ4n) is 1.77. The molecule has 3 unspecified atom stereocenters. The van der Waals surface area contributed by atoms with Crippen LogP contribution in [0.4, 0.5) is 0 Å². The van der Waals surface area contributed by atoms with Crippen LogP contribution >= 0.6 is 73.2 Å². The highest BCUT2D eigenvalue weighted by molar-refractivity contribution is 8.01. The van der Waals surface area contributed by atoms with Crippen LogP contribution in [0.25, 0.3) is 0 Å². The van der Waals surface area contributed by atoms with E-state index in [1.165, 1.54) is 23.7 Å². The van der Waals surface area contributed by atoms with E-state index in [9.17, 15) is 0 Å². The Morgan fingerprint density at radius 1 is 0.714 bits per heavy atom. The summed E-state index contributed by atoms with van der Waals surface area (Å²) in [6.07, 6.45) is 1.25. The molecule has 0 aromatic rings. The molecule has 0 spiro atoms. The lowest BCUT2D eigenvalue weighted by atomic mass is 9.92. The molecule has 0 aromatic carbocycles. The first-order chi connectivity index (χ1) is 9.81. The first-order valence-electron chi connectivity index (χ1n) is 7.58. The van der Waals surface area contributed by atoms with Crippen molar-refractivity contribution in [3.63, 3.8) is 0 Å². The second-order valence-corrected chi connectivity index (χ2v) is 11.7. The molecular weight excluding hydrogens is 373 g/mol. The molecule has 21 heavy (non-hydrogen) atoms. The van der Waals surface area contributed by atoms with Crippen LogP contribution in [0.1, 0.15) is 34.1 Å². The van der Waals surface area contributed by atoms with Crippen molar-refractivity contribution in [1.82, 2.24) is 0 Å². The van der Waals surface area contributed by atoms with Crippen molar-refractivity contribution in [2.75, 3.05) is 34.5 Å². The van der Waals surface area contributed by atoms with Gasteiger partial charge in [0.1, 0.15) is 0 Å². The van der Waals surface area contributed by atoms with Gasteiger partial charge in [0, 0.05) is 50.3 Å². The molecule has 128 valence electrons. The quantitative estimate of drug-likeness (QED) is 0.345. The van der Waals surface area contributed by atoms with Gasteiger partial charge in [-0.2, -0.15) is 73.2 Å². The highest BCUT2D eigenvalue weighted by Crippen LogP contribution is 2.36. The maximum absolute atomic E-state index is 4.50. The van der Waals surface area contributed by atoms with Gasteiger partial charge in [-0.25, -0.2) is 0 Å². The largest absolute Gasteiger partial charge is 0.175 e. The molecule has 0 radical (unpaired) electrons. The molecule has 0 heterocycles. The van der Waals surface area contributed by atoms with Gasteiger partial charge in [-0.1, -0.05) is 27.7 Å². The fourth-order valence-corrected chi connectivity index (χ4v) is 7.01. The van der Waals surface area contributed by atoms with Crippen LogP contribution < -0.4 is 0 Å². The standard InChI is InChI=1S/C15H32S6/c1-5-15(9-19-6-12(2)16,10-20-7-13(3)17)11-21-8-14(4)18/h12-14,16-18H,5-11H2,1-4H3. The molecule has 3 atom stereocenters. The Balaban J connectivity index is 4.43. The van der Waals surface area contributed by atoms with E-state index < -0.39 is 0 Å². The number of thioether (sulfide) groups is 3. The van der Waals surface area contributed by atoms with E-state index in [2.05, 4.69) is 101 Å². The van der Waals surface area contributed by atoms with Gasteiger partial charge in [0.05, 0.1) is 0 Å². The molecule has 0 amide bonds. The minimum atomic E-state index is 0.438. The molecule has 6 heteroatoms. The van der Waals surface area contributed by atoms with Crippen LogP contribution in [0.3, 0.4) is 0 Å². The molecular formula is C15H32S6. The minimum absolute atomic E-state index is 0.438. The Hall–Kier alpha value is 2.10. The monoisotopic (exact) mass is 404 g/mol. The van der Waals surface area contributed by atoms with Crippen molar-refractivity contribution in [2.45, 2.75) is 49.9 Å². The van der Waals surface area contributed by atoms with E-state index in [4.69, 9.17) is 0 Å². The van der Waals surface area contributed by atoms with Crippen LogP contribution in [-0.2, 0) is 0 Å². The summed E-state index contributed by atoms with van der Waals surface area (Å²) in [6.45, 7) is 8.88. The van der Waals surface area contributed by atoms with E-state index in [0.29, 0.717) is 21.2 Å². The zero-order chi connectivity index (χ0) is 16.3. The number of thiol groups is 3. The fraction of sp³-hybridized carbons (Fsp3) is 1.00. The van der Waals surface area contributed by atoms with Gasteiger partial charge < -0.3 is 0 Å². The average molecular weight is 405 g/mol. The maximum Gasteiger partial charge on any atom is 0.00791 e. The molecule has 0 bridgehead atoms. The molecule has 0 aliphatic rings. The minimum Gasteiger partial charge on any atom is -0.175 e. The summed E-state index contributed by atoms with van der Waals surface area (Å²) in [5.74, 6) is 7.17. The Kier molecular flexibility index (Phi) is 14.7. The third kappa shape index (κ3) is 13.1. The van der Waals surface area contributed by atoms with Gasteiger partial charge in [-0.15, -0.1) is 0 Å². The first kappa shape index (κ1) is 23.1. The molecule has 0 nitrogen and oxygen atoms in total. The summed E-state index contributed by atoms with van der Waals surface area (Å²) in [5.41, 5.74) is 0.438. The molecule has 0 aliphatic carbocycles. The van der Waals surface area contributed by atoms with E-state index in [-0.39, 0.29) is 0 Å². The molecule has 0 N–H and O–H groups in total. The Labute approximate surface area is 162 Å². The Morgan fingerprint density at radius 2 is 1.00 bits per heavy atom. The SMILES string of the molecule is CCC(CSCC(C)S)(CSCC(C)S)CSCC(C)S. The summed E-state index contributed by atoms with van der Waals surface area (Å²) in [4.78, 5) is 0. The lowest BCUT2D eigenvalue weighted by Crippen LogP contribution is -2.30. The maximum atomic E-state index is 4.50. The average Bonchev–Trinajstić information content (AvgIpc) is 2.36. The predicted octanol–water partition coefficient (Wildman–Crippen LogP) is 5.54. The van der Waals surface area contributed by atoms with Gasteiger partial charge in [0.2, 0.25) is 0 Å². The van der Waals surface area contributed by atoms with Crippen molar-refractivity contribution in [3.05, 3.63) is 0 Å². The summed E-state index contributed by atoms with van der Waals surface area (Å²) >= 11 is 19.7. The van der Waals surface area contributed by atoms with Crippen LogP contribution in [0.5, 0.6) is 0 Å². The summed E-state index contributed by atoms with van der Waals surface area (Å²) in [6, 6.07) is 0. The summed E-state index contributed by atoms with van der Waals surface area (Å²) in [5, 5.41) is 1.46. The number of hydrogen-bond donors (Lipinski definition) is 3. The Morgan fingerprint density at radius 3 is 1.19 bits per heavy atom. The zero-order valence-corrected chi connectivity index (χ0v) is 18.9. The van der Waals surface area contributed by atoms with Crippen molar-refractivity contribution in [2.24, 2.45) is 5.41 Å². The number of rotatable bonds is 13. The van der Waals surface area contributed by atoms with Crippen molar-refractivity contribution in [1.29, 1.82) is 0 Å². The molecule has 0 saturated heterocycles. The second-order valence-electron chi connectivity index (χ2n) is 5.95. The molecule has 0 fully saturated rings. The van der Waals surface area contributed by atoms with E-state index in [1.807, 2.05) is 0 Å². The van der Waals surface area contributed by atoms with E-state index in [0.717, 1.165) is 17.3 Å². The molecule has 0 rings (SSSR count). The normalized spacial score (nSPS) is 19.0. The van der Waals surface area contributed by atoms with Crippen LogP contribution in [-0.4, -0.2) is 50.3 Å². The van der Waals surface area contributed by atoms with E-state index in [1.54, 1.807) is 0 Å². The third-order valence-electron chi connectivity index (χ3n) is 3.05. The van der Waals surface area contributed by atoms with Gasteiger partial charge in [0.25, 0.3) is 0 Å². The van der Waals surface area contributed by atoms with Crippen LogP contribution in [0, 0.1) is 5.41 Å². The lowest BCUT2D eigenvalue weighted by molar-refractivity contribution is 0.428. The summed E-state index contributed by atoms with van der Waals surface area (Å²) < 4.78 is 0. The van der Waals surface area contributed by atoms with Crippen molar-refractivity contribution < 1.29 is 0 Å². The van der Waals surface area contributed by atoms with Gasteiger partial charge in [-0.3, -0.25) is 0 Å². The lowest BCUT2D eigenvalue weighted by Gasteiger charge is -2.33. The first-order valence-corrected chi connectivity index (χ1v) is 12.6. The smallest absolute Gasteiger partial charge is 0.00791 e. The van der Waals surface area contributed by atoms with Gasteiger partial charge >= 0.3 is 0 Å².